The first-order chi connectivity index (χ1) is 8.56. The van der Waals surface area contributed by atoms with Crippen LogP contribution in [-0.4, -0.2) is 17.7 Å². The fraction of sp³-hybridized carbons (Fsp3) is 0.500. The van der Waals surface area contributed by atoms with Gasteiger partial charge in [0.2, 0.25) is 5.91 Å². The Morgan fingerprint density at radius 2 is 2.06 bits per heavy atom. The molecule has 3 nitrogen and oxygen atoms in total. The monoisotopic (exact) mass is 266 g/mol. The number of nitrogens with one attached hydrogen (secondary N) is 1. The Hall–Kier alpha value is -1.16. The number of nitrogens with two attached hydrogens (primary N) is 1. The molecule has 0 radical (unpaired) electrons. The number of aryl methyl sites for hydroxylation is 1. The molecule has 4 heteroatoms. The normalized spacial score (nSPS) is 10.7. The maximum atomic E-state index is 11.8. The molecule has 0 atom stereocenters. The van der Waals surface area contributed by atoms with Gasteiger partial charge in [0.05, 0.1) is 5.75 Å². The molecule has 100 valence electrons. The first-order valence-electron chi connectivity index (χ1n) is 6.35. The van der Waals surface area contributed by atoms with Gasteiger partial charge in [-0.3, -0.25) is 4.79 Å². The summed E-state index contributed by atoms with van der Waals surface area (Å²) in [7, 11) is 0. The maximum Gasteiger partial charge on any atom is 0.230 e. The van der Waals surface area contributed by atoms with Crippen LogP contribution < -0.4 is 11.1 Å². The molecule has 0 spiro atoms. The van der Waals surface area contributed by atoms with Crippen molar-refractivity contribution in [3.8, 4) is 0 Å². The first kappa shape index (κ1) is 14.9. The minimum absolute atomic E-state index is 0.102. The molecule has 0 aliphatic heterocycles. The van der Waals surface area contributed by atoms with Crippen molar-refractivity contribution in [2.45, 2.75) is 44.6 Å². The minimum Gasteiger partial charge on any atom is -0.399 e. The highest BCUT2D eigenvalue weighted by Gasteiger charge is 2.09. The van der Waals surface area contributed by atoms with Crippen molar-refractivity contribution in [1.29, 1.82) is 0 Å². The summed E-state index contributed by atoms with van der Waals surface area (Å²) in [6, 6.07) is 6.07. The fourth-order valence-corrected chi connectivity index (χ4v) is 2.56. The zero-order valence-corrected chi connectivity index (χ0v) is 12.1. The largest absolute Gasteiger partial charge is 0.399 e. The third-order valence-corrected chi connectivity index (χ3v) is 4.08. The van der Waals surface area contributed by atoms with Crippen molar-refractivity contribution in [2.24, 2.45) is 0 Å². The topological polar surface area (TPSA) is 55.1 Å². The van der Waals surface area contributed by atoms with E-state index in [9.17, 15) is 4.79 Å². The summed E-state index contributed by atoms with van der Waals surface area (Å²) in [6.45, 7) is 6.19. The minimum atomic E-state index is 0.102. The number of thioether (sulfide) groups is 1. The van der Waals surface area contributed by atoms with E-state index in [0.29, 0.717) is 11.8 Å². The van der Waals surface area contributed by atoms with E-state index in [1.807, 2.05) is 25.1 Å². The van der Waals surface area contributed by atoms with Crippen LogP contribution in [0.2, 0.25) is 0 Å². The lowest BCUT2D eigenvalue weighted by molar-refractivity contribution is -0.119. The third-order valence-electron chi connectivity index (χ3n) is 2.91. The van der Waals surface area contributed by atoms with Crippen molar-refractivity contribution in [2.75, 3.05) is 11.5 Å². The first-order valence-corrected chi connectivity index (χ1v) is 7.33. The number of nitrogen functional groups attached to an aromatic ring is 1. The van der Waals surface area contributed by atoms with E-state index in [1.165, 1.54) is 0 Å². The quantitative estimate of drug-likeness (QED) is 0.615. The molecule has 1 aromatic carbocycles. The van der Waals surface area contributed by atoms with Crippen molar-refractivity contribution in [3.05, 3.63) is 23.8 Å². The van der Waals surface area contributed by atoms with Gasteiger partial charge < -0.3 is 11.1 Å². The molecule has 0 bridgehead atoms. The number of rotatable bonds is 6. The molecule has 18 heavy (non-hydrogen) atoms. The molecular weight excluding hydrogens is 244 g/mol. The average molecular weight is 266 g/mol. The van der Waals surface area contributed by atoms with E-state index in [2.05, 4.69) is 19.2 Å². The standard InChI is InChI=1S/C14H22N2OS/c1-4-12(5-2)16-14(17)9-18-13-7-6-11(15)8-10(13)3/h6-8,12H,4-5,9,15H2,1-3H3,(H,16,17). The van der Waals surface area contributed by atoms with E-state index in [0.717, 1.165) is 29.0 Å². The van der Waals surface area contributed by atoms with Gasteiger partial charge in [-0.15, -0.1) is 11.8 Å². The molecule has 1 aromatic rings. The van der Waals surface area contributed by atoms with Crippen LogP contribution in [0.3, 0.4) is 0 Å². The highest BCUT2D eigenvalue weighted by atomic mass is 32.2. The predicted molar refractivity (Wildman–Crippen MR) is 78.8 cm³/mol. The van der Waals surface area contributed by atoms with Crippen molar-refractivity contribution < 1.29 is 4.79 Å². The number of carbonyl (C=O) groups is 1. The van der Waals surface area contributed by atoms with Gasteiger partial charge in [-0.2, -0.15) is 0 Å². The molecule has 1 rings (SSSR count). The summed E-state index contributed by atoms with van der Waals surface area (Å²) in [4.78, 5) is 12.9. The van der Waals surface area contributed by atoms with E-state index in [4.69, 9.17) is 5.73 Å². The lowest BCUT2D eigenvalue weighted by Crippen LogP contribution is -2.35. The van der Waals surface area contributed by atoms with Gasteiger partial charge in [-0.1, -0.05) is 13.8 Å². The van der Waals surface area contributed by atoms with Crippen LogP contribution in [0.15, 0.2) is 23.1 Å². The highest BCUT2D eigenvalue weighted by Crippen LogP contribution is 2.23. The number of carbonyl (C=O) groups excluding carboxylic acids is 1. The van der Waals surface area contributed by atoms with Crippen LogP contribution in [0.1, 0.15) is 32.3 Å². The molecule has 0 saturated heterocycles. The maximum absolute atomic E-state index is 11.8. The summed E-state index contributed by atoms with van der Waals surface area (Å²) in [5.74, 6) is 0.561. The molecular formula is C14H22N2OS. The predicted octanol–water partition coefficient (Wildman–Crippen LogP) is 2.97. The molecule has 0 heterocycles. The van der Waals surface area contributed by atoms with Gasteiger partial charge in [0.15, 0.2) is 0 Å². The van der Waals surface area contributed by atoms with Crippen LogP contribution in [0, 0.1) is 6.92 Å². The van der Waals surface area contributed by atoms with Crippen molar-refractivity contribution >= 4 is 23.4 Å². The lowest BCUT2D eigenvalue weighted by atomic mass is 10.2. The third kappa shape index (κ3) is 4.61. The van der Waals surface area contributed by atoms with Crippen molar-refractivity contribution in [1.82, 2.24) is 5.32 Å². The van der Waals surface area contributed by atoms with Crippen LogP contribution in [0.5, 0.6) is 0 Å². The number of benzene rings is 1. The second-order valence-electron chi connectivity index (χ2n) is 4.39. The van der Waals surface area contributed by atoms with E-state index < -0.39 is 0 Å². The van der Waals surface area contributed by atoms with Gasteiger partial charge in [-0.05, 0) is 43.5 Å². The second kappa shape index (κ2) is 7.31. The fourth-order valence-electron chi connectivity index (χ4n) is 1.74. The molecule has 0 aromatic heterocycles. The molecule has 1 amide bonds. The molecule has 0 aliphatic carbocycles. The lowest BCUT2D eigenvalue weighted by Gasteiger charge is -2.14. The number of anilines is 1. The molecule has 0 aliphatic rings. The van der Waals surface area contributed by atoms with Crippen LogP contribution in [-0.2, 0) is 4.79 Å². The van der Waals surface area contributed by atoms with Gasteiger partial charge in [0.25, 0.3) is 0 Å². The van der Waals surface area contributed by atoms with Gasteiger partial charge >= 0.3 is 0 Å². The summed E-state index contributed by atoms with van der Waals surface area (Å²) < 4.78 is 0. The molecule has 0 saturated carbocycles. The molecule has 0 fully saturated rings. The zero-order valence-electron chi connectivity index (χ0n) is 11.3. The van der Waals surface area contributed by atoms with E-state index in [-0.39, 0.29) is 5.91 Å². The highest BCUT2D eigenvalue weighted by molar-refractivity contribution is 8.00. The van der Waals surface area contributed by atoms with E-state index in [1.54, 1.807) is 11.8 Å². The van der Waals surface area contributed by atoms with Gasteiger partial charge in [-0.25, -0.2) is 0 Å². The summed E-state index contributed by atoms with van der Waals surface area (Å²) in [5.41, 5.74) is 7.58. The van der Waals surface area contributed by atoms with Gasteiger partial charge in [0.1, 0.15) is 0 Å². The average Bonchev–Trinajstić information content (AvgIpc) is 2.35. The van der Waals surface area contributed by atoms with Crippen LogP contribution in [0.25, 0.3) is 0 Å². The Balaban J connectivity index is 2.47. The summed E-state index contributed by atoms with van der Waals surface area (Å²) in [6.07, 6.45) is 1.96. The van der Waals surface area contributed by atoms with Crippen LogP contribution >= 0.6 is 11.8 Å². The summed E-state index contributed by atoms with van der Waals surface area (Å²) in [5, 5.41) is 3.03. The number of amides is 1. The SMILES string of the molecule is CCC(CC)NC(=O)CSc1ccc(N)cc1C. The Labute approximate surface area is 114 Å². The van der Waals surface area contributed by atoms with Crippen molar-refractivity contribution in [3.63, 3.8) is 0 Å². The van der Waals surface area contributed by atoms with Gasteiger partial charge in [0, 0.05) is 16.6 Å². The number of hydrogen-bond acceptors (Lipinski definition) is 3. The Bertz CT molecular complexity index is 403. The smallest absolute Gasteiger partial charge is 0.230 e. The number of hydrogen-bond donors (Lipinski definition) is 2. The molecule has 3 N–H and O–H groups in total. The van der Waals surface area contributed by atoms with Crippen LogP contribution in [0.4, 0.5) is 5.69 Å². The zero-order chi connectivity index (χ0) is 13.5. The summed E-state index contributed by atoms with van der Waals surface area (Å²) >= 11 is 1.56. The Morgan fingerprint density at radius 1 is 1.39 bits per heavy atom. The Morgan fingerprint density at radius 3 is 2.61 bits per heavy atom. The van der Waals surface area contributed by atoms with E-state index >= 15 is 0 Å². The second-order valence-corrected chi connectivity index (χ2v) is 5.41. The Kier molecular flexibility index (Phi) is 6.05. The molecule has 0 unspecified atom stereocenters.